The van der Waals surface area contributed by atoms with Gasteiger partial charge in [-0.3, -0.25) is 9.20 Å². The molecule has 4 aromatic rings. The molecule has 4 rings (SSSR count). The normalized spacial score (nSPS) is 11.4. The maximum absolute atomic E-state index is 12.8. The SMILES string of the molecule is COCCN(CCc1csc2nc(-c3ccc(C)cc3)cn12)C(=O)C=Cc1ccccc1. The van der Waals surface area contributed by atoms with Crippen LogP contribution in [-0.2, 0) is 16.0 Å². The van der Waals surface area contributed by atoms with E-state index in [-0.39, 0.29) is 5.91 Å². The number of carbonyl (C=O) groups excluding carboxylic acids is 1. The predicted octanol–water partition coefficient (Wildman–Crippen LogP) is 5.10. The number of fused-ring (bicyclic) bond motifs is 1. The summed E-state index contributed by atoms with van der Waals surface area (Å²) in [5.41, 5.74) is 5.47. The van der Waals surface area contributed by atoms with Gasteiger partial charge in [0, 0.05) is 55.5 Å². The van der Waals surface area contributed by atoms with Gasteiger partial charge in [-0.2, -0.15) is 0 Å². The smallest absolute Gasteiger partial charge is 0.246 e. The third kappa shape index (κ3) is 5.33. The number of benzene rings is 2. The maximum atomic E-state index is 12.8. The summed E-state index contributed by atoms with van der Waals surface area (Å²) in [5, 5.41) is 2.13. The minimum Gasteiger partial charge on any atom is -0.383 e. The molecule has 1 amide bonds. The Bertz CT molecular complexity index is 1190. The molecule has 0 saturated heterocycles. The molecule has 0 bridgehead atoms. The lowest BCUT2D eigenvalue weighted by molar-refractivity contribution is -0.126. The Morgan fingerprint density at radius 1 is 1.12 bits per heavy atom. The Morgan fingerprint density at radius 2 is 1.91 bits per heavy atom. The monoisotopic (exact) mass is 445 g/mol. The summed E-state index contributed by atoms with van der Waals surface area (Å²) in [7, 11) is 1.66. The van der Waals surface area contributed by atoms with Crippen molar-refractivity contribution in [1.82, 2.24) is 14.3 Å². The molecule has 6 heteroatoms. The lowest BCUT2D eigenvalue weighted by atomic mass is 10.1. The molecule has 2 aromatic heterocycles. The first kappa shape index (κ1) is 22.0. The van der Waals surface area contributed by atoms with Gasteiger partial charge in [0.15, 0.2) is 4.96 Å². The van der Waals surface area contributed by atoms with E-state index >= 15 is 0 Å². The van der Waals surface area contributed by atoms with Crippen LogP contribution < -0.4 is 0 Å². The van der Waals surface area contributed by atoms with E-state index in [0.717, 1.165) is 33.9 Å². The van der Waals surface area contributed by atoms with Crippen LogP contribution in [0.5, 0.6) is 0 Å². The largest absolute Gasteiger partial charge is 0.383 e. The van der Waals surface area contributed by atoms with E-state index in [1.807, 2.05) is 41.3 Å². The molecular weight excluding hydrogens is 418 g/mol. The third-order valence-electron chi connectivity index (χ3n) is 5.36. The Labute approximate surface area is 192 Å². The lowest BCUT2D eigenvalue weighted by Crippen LogP contribution is -2.34. The fraction of sp³-hybridized carbons (Fsp3) is 0.231. The third-order valence-corrected chi connectivity index (χ3v) is 6.25. The molecule has 0 fully saturated rings. The topological polar surface area (TPSA) is 46.8 Å². The number of nitrogens with zero attached hydrogens (tertiary/aromatic N) is 3. The van der Waals surface area contributed by atoms with E-state index in [1.165, 1.54) is 5.56 Å². The average Bonchev–Trinajstić information content (AvgIpc) is 3.40. The zero-order valence-corrected chi connectivity index (χ0v) is 19.2. The highest BCUT2D eigenvalue weighted by Gasteiger charge is 2.14. The second kappa shape index (κ2) is 10.4. The van der Waals surface area contributed by atoms with Crippen LogP contribution in [0.4, 0.5) is 0 Å². The minimum atomic E-state index is -0.0108. The fourth-order valence-corrected chi connectivity index (χ4v) is 4.40. The molecule has 0 aliphatic heterocycles. The van der Waals surface area contributed by atoms with Crippen molar-refractivity contribution >= 4 is 28.3 Å². The molecule has 5 nitrogen and oxygen atoms in total. The van der Waals surface area contributed by atoms with Crippen molar-refractivity contribution in [3.05, 3.63) is 89.1 Å². The van der Waals surface area contributed by atoms with E-state index < -0.39 is 0 Å². The lowest BCUT2D eigenvalue weighted by Gasteiger charge is -2.20. The summed E-state index contributed by atoms with van der Waals surface area (Å²) in [5.74, 6) is -0.0108. The summed E-state index contributed by atoms with van der Waals surface area (Å²) < 4.78 is 7.36. The summed E-state index contributed by atoms with van der Waals surface area (Å²) in [6.07, 6.45) is 6.33. The van der Waals surface area contributed by atoms with Crippen LogP contribution in [0.1, 0.15) is 16.8 Å². The van der Waals surface area contributed by atoms with Gasteiger partial charge >= 0.3 is 0 Å². The molecule has 0 saturated carbocycles. The number of rotatable bonds is 9. The first-order valence-electron chi connectivity index (χ1n) is 10.7. The van der Waals surface area contributed by atoms with E-state index in [9.17, 15) is 4.79 Å². The Morgan fingerprint density at radius 3 is 2.66 bits per heavy atom. The van der Waals surface area contributed by atoms with Gasteiger partial charge in [0.25, 0.3) is 0 Å². The van der Waals surface area contributed by atoms with Gasteiger partial charge in [-0.25, -0.2) is 4.98 Å². The number of carbonyl (C=O) groups is 1. The molecule has 32 heavy (non-hydrogen) atoms. The molecule has 0 unspecified atom stereocenters. The zero-order valence-electron chi connectivity index (χ0n) is 18.4. The highest BCUT2D eigenvalue weighted by atomic mass is 32.1. The van der Waals surface area contributed by atoms with E-state index in [1.54, 1.807) is 24.5 Å². The van der Waals surface area contributed by atoms with Crippen LogP contribution in [0.15, 0.2) is 72.3 Å². The summed E-state index contributed by atoms with van der Waals surface area (Å²) >= 11 is 1.63. The molecule has 2 aromatic carbocycles. The van der Waals surface area contributed by atoms with Gasteiger partial charge < -0.3 is 9.64 Å². The standard InChI is InChI=1S/C26H27N3O2S/c1-20-8-11-22(12-9-20)24-18-29-23(19-32-26(29)27-24)14-15-28(16-17-31-2)25(30)13-10-21-6-4-3-5-7-21/h3-13,18-19H,14-17H2,1-2H3. The fourth-order valence-electron chi connectivity index (χ4n) is 3.49. The number of methoxy groups -OCH3 is 1. The summed E-state index contributed by atoms with van der Waals surface area (Å²) in [6, 6.07) is 18.3. The second-order valence-electron chi connectivity index (χ2n) is 7.68. The molecule has 0 aliphatic carbocycles. The van der Waals surface area contributed by atoms with Gasteiger partial charge in [0.05, 0.1) is 12.3 Å². The molecule has 0 spiro atoms. The van der Waals surface area contributed by atoms with Crippen LogP contribution in [0.25, 0.3) is 22.3 Å². The maximum Gasteiger partial charge on any atom is 0.246 e. The first-order valence-corrected chi connectivity index (χ1v) is 11.6. The van der Waals surface area contributed by atoms with E-state index in [0.29, 0.717) is 19.7 Å². The van der Waals surface area contributed by atoms with Gasteiger partial charge in [-0.1, -0.05) is 60.2 Å². The van der Waals surface area contributed by atoms with Crippen molar-refractivity contribution in [2.75, 3.05) is 26.8 Å². The van der Waals surface area contributed by atoms with Gasteiger partial charge in [-0.15, -0.1) is 11.3 Å². The van der Waals surface area contributed by atoms with Gasteiger partial charge in [0.2, 0.25) is 5.91 Å². The first-order chi connectivity index (χ1) is 15.6. The van der Waals surface area contributed by atoms with Crippen LogP contribution in [0.3, 0.4) is 0 Å². The Kier molecular flexibility index (Phi) is 7.14. The van der Waals surface area contributed by atoms with Crippen LogP contribution in [0, 0.1) is 6.92 Å². The summed E-state index contributed by atoms with van der Waals surface area (Å²) in [6.45, 7) is 3.76. The van der Waals surface area contributed by atoms with Gasteiger partial charge in [-0.05, 0) is 18.6 Å². The number of hydrogen-bond acceptors (Lipinski definition) is 4. The highest BCUT2D eigenvalue weighted by Crippen LogP contribution is 2.24. The molecule has 0 N–H and O–H groups in total. The van der Waals surface area contributed by atoms with Crippen molar-refractivity contribution in [2.24, 2.45) is 0 Å². The Balaban J connectivity index is 1.47. The van der Waals surface area contributed by atoms with E-state index in [4.69, 9.17) is 9.72 Å². The quantitative estimate of drug-likeness (QED) is 0.337. The van der Waals surface area contributed by atoms with Gasteiger partial charge in [0.1, 0.15) is 0 Å². The summed E-state index contributed by atoms with van der Waals surface area (Å²) in [4.78, 5) is 20.4. The molecular formula is C26H27N3O2S. The zero-order chi connectivity index (χ0) is 22.3. The Hall–Kier alpha value is -3.22. The molecule has 164 valence electrons. The van der Waals surface area contributed by atoms with Crippen molar-refractivity contribution in [1.29, 1.82) is 0 Å². The van der Waals surface area contributed by atoms with Crippen molar-refractivity contribution in [3.8, 4) is 11.3 Å². The number of aryl methyl sites for hydroxylation is 1. The molecule has 0 radical (unpaired) electrons. The van der Waals surface area contributed by atoms with Crippen molar-refractivity contribution in [3.63, 3.8) is 0 Å². The second-order valence-corrected chi connectivity index (χ2v) is 8.52. The number of amides is 1. The number of aromatic nitrogens is 2. The van der Waals surface area contributed by atoms with Crippen molar-refractivity contribution in [2.45, 2.75) is 13.3 Å². The average molecular weight is 446 g/mol. The van der Waals surface area contributed by atoms with Crippen LogP contribution >= 0.6 is 11.3 Å². The molecule has 2 heterocycles. The minimum absolute atomic E-state index is 0.0108. The predicted molar refractivity (Wildman–Crippen MR) is 131 cm³/mol. The van der Waals surface area contributed by atoms with Crippen molar-refractivity contribution < 1.29 is 9.53 Å². The molecule has 0 aliphatic rings. The number of thiazole rings is 1. The van der Waals surface area contributed by atoms with Crippen LogP contribution in [-0.4, -0.2) is 47.0 Å². The van der Waals surface area contributed by atoms with E-state index in [2.05, 4.69) is 47.2 Å². The van der Waals surface area contributed by atoms with Crippen LogP contribution in [0.2, 0.25) is 0 Å². The number of hydrogen-bond donors (Lipinski definition) is 0. The molecule has 0 atom stereocenters. The highest BCUT2D eigenvalue weighted by molar-refractivity contribution is 7.15. The number of imidazole rings is 1. The number of ether oxygens (including phenoxy) is 1.